The van der Waals surface area contributed by atoms with Gasteiger partial charge in [-0.3, -0.25) is 9.48 Å². The zero-order valence-corrected chi connectivity index (χ0v) is 16.5. The molecule has 0 spiro atoms. The Morgan fingerprint density at radius 1 is 1.21 bits per heavy atom. The van der Waals surface area contributed by atoms with E-state index in [4.69, 9.17) is 15.9 Å². The van der Waals surface area contributed by atoms with Crippen LogP contribution in [-0.4, -0.2) is 26.0 Å². The number of rotatable bonds is 2. The van der Waals surface area contributed by atoms with Crippen LogP contribution in [-0.2, 0) is 0 Å². The van der Waals surface area contributed by atoms with E-state index < -0.39 is 0 Å². The van der Waals surface area contributed by atoms with Crippen molar-refractivity contribution in [3.63, 3.8) is 0 Å². The van der Waals surface area contributed by atoms with E-state index in [1.165, 1.54) is 0 Å². The van der Waals surface area contributed by atoms with Gasteiger partial charge in [-0.2, -0.15) is 10.2 Å². The van der Waals surface area contributed by atoms with Crippen LogP contribution < -0.4 is 17.0 Å². The molecule has 1 aliphatic rings. The van der Waals surface area contributed by atoms with Gasteiger partial charge in [-0.15, -0.1) is 0 Å². The van der Waals surface area contributed by atoms with Gasteiger partial charge in [0.1, 0.15) is 11.3 Å². The van der Waals surface area contributed by atoms with E-state index in [1.807, 2.05) is 23.7 Å². The number of nitrogens with two attached hydrogens (primary N) is 2. The summed E-state index contributed by atoms with van der Waals surface area (Å²) in [7, 11) is 0. The van der Waals surface area contributed by atoms with Crippen LogP contribution in [0.4, 0.5) is 5.82 Å². The first kappa shape index (κ1) is 17.9. The monoisotopic (exact) mass is 392 g/mol. The van der Waals surface area contributed by atoms with Gasteiger partial charge in [-0.25, -0.2) is 5.10 Å². The molecule has 1 fully saturated rings. The zero-order valence-electron chi connectivity index (χ0n) is 16.5. The quantitative estimate of drug-likeness (QED) is 0.480. The van der Waals surface area contributed by atoms with Gasteiger partial charge >= 0.3 is 0 Å². The summed E-state index contributed by atoms with van der Waals surface area (Å²) in [5.74, 6) is 0.923. The Kier molecular flexibility index (Phi) is 3.99. The third-order valence-corrected chi connectivity index (χ3v) is 6.05. The minimum absolute atomic E-state index is 0.130. The molecule has 8 nitrogen and oxygen atoms in total. The van der Waals surface area contributed by atoms with Crippen molar-refractivity contribution in [2.24, 2.45) is 5.73 Å². The number of H-pyrrole nitrogens is 1. The molecule has 3 heterocycles. The van der Waals surface area contributed by atoms with Crippen LogP contribution in [0.5, 0.6) is 0 Å². The molecule has 0 radical (unpaired) electrons. The van der Waals surface area contributed by atoms with Crippen LogP contribution in [0.1, 0.15) is 42.9 Å². The second kappa shape index (κ2) is 6.45. The maximum Gasteiger partial charge on any atom is 0.292 e. The molecule has 0 atom stereocenters. The molecule has 1 aliphatic carbocycles. The third-order valence-electron chi connectivity index (χ3n) is 6.05. The predicted octanol–water partition coefficient (Wildman–Crippen LogP) is 3.17. The molecular formula is C21H24N6O2. The summed E-state index contributed by atoms with van der Waals surface area (Å²) < 4.78 is 8.19. The lowest BCUT2D eigenvalue weighted by Gasteiger charge is -2.27. The van der Waals surface area contributed by atoms with E-state index in [2.05, 4.69) is 28.3 Å². The molecule has 1 saturated carbocycles. The number of hydrogen-bond acceptors (Lipinski definition) is 6. The number of anilines is 1. The molecule has 0 bridgehead atoms. The third kappa shape index (κ3) is 2.74. The highest BCUT2D eigenvalue weighted by Crippen LogP contribution is 2.41. The van der Waals surface area contributed by atoms with Crippen LogP contribution in [0.15, 0.2) is 27.4 Å². The molecule has 4 aromatic rings. The van der Waals surface area contributed by atoms with Gasteiger partial charge in [0, 0.05) is 17.0 Å². The summed E-state index contributed by atoms with van der Waals surface area (Å²) in [5, 5.41) is 12.7. The van der Waals surface area contributed by atoms with E-state index >= 15 is 0 Å². The van der Waals surface area contributed by atoms with Gasteiger partial charge in [-0.05, 0) is 51.7 Å². The molecule has 3 aromatic heterocycles. The van der Waals surface area contributed by atoms with Crippen molar-refractivity contribution < 1.29 is 4.42 Å². The van der Waals surface area contributed by atoms with E-state index in [0.29, 0.717) is 16.7 Å². The van der Waals surface area contributed by atoms with Gasteiger partial charge in [0.25, 0.3) is 5.56 Å². The number of furan rings is 1. The predicted molar refractivity (Wildman–Crippen MR) is 113 cm³/mol. The topological polar surface area (TPSA) is 129 Å². The highest BCUT2D eigenvalue weighted by Gasteiger charge is 2.29. The van der Waals surface area contributed by atoms with Crippen molar-refractivity contribution >= 4 is 27.7 Å². The molecule has 150 valence electrons. The Labute approximate surface area is 166 Å². The number of fused-ring (bicyclic) bond motifs is 2. The normalized spacial score (nSPS) is 20.0. The minimum atomic E-state index is -0.355. The molecule has 8 heteroatoms. The Balaban J connectivity index is 1.82. The van der Waals surface area contributed by atoms with E-state index in [-0.39, 0.29) is 23.5 Å². The lowest BCUT2D eigenvalue weighted by molar-refractivity contribution is 0.307. The first-order valence-electron chi connectivity index (χ1n) is 9.96. The summed E-state index contributed by atoms with van der Waals surface area (Å²) in [6.07, 6.45) is 3.63. The van der Waals surface area contributed by atoms with Gasteiger partial charge in [0.15, 0.2) is 17.1 Å². The first-order chi connectivity index (χ1) is 13.9. The number of aromatic amines is 1. The zero-order chi connectivity index (χ0) is 20.3. The van der Waals surface area contributed by atoms with E-state index in [0.717, 1.165) is 53.5 Å². The van der Waals surface area contributed by atoms with Crippen molar-refractivity contribution in [2.75, 3.05) is 5.73 Å². The number of aryl methyl sites for hydroxylation is 2. The van der Waals surface area contributed by atoms with Gasteiger partial charge in [-0.1, -0.05) is 11.6 Å². The van der Waals surface area contributed by atoms with Crippen molar-refractivity contribution in [3.8, 4) is 11.5 Å². The van der Waals surface area contributed by atoms with E-state index in [1.54, 1.807) is 0 Å². The highest BCUT2D eigenvalue weighted by molar-refractivity contribution is 6.01. The van der Waals surface area contributed by atoms with Crippen molar-refractivity contribution in [1.29, 1.82) is 0 Å². The summed E-state index contributed by atoms with van der Waals surface area (Å²) in [4.78, 5) is 12.5. The van der Waals surface area contributed by atoms with Crippen molar-refractivity contribution in [2.45, 2.75) is 51.6 Å². The van der Waals surface area contributed by atoms with Crippen LogP contribution in [0.3, 0.4) is 0 Å². The fraction of sp³-hybridized carbons (Fsp3) is 0.381. The molecule has 1 aromatic carbocycles. The molecule has 0 unspecified atom stereocenters. The molecule has 5 N–H and O–H groups in total. The standard InChI is InChI=1S/C21H24N6O2/c1-10-3-8-15-14(9-10)11(2)19(29-15)18-16-17(21(28)25-24-20(16)23)26-27(18)13-6-4-12(22)5-7-13/h3,8-9,12-13H,4-7,22H2,1-2H3,(H2,23,24)(H,25,28). The lowest BCUT2D eigenvalue weighted by atomic mass is 9.91. The number of hydrogen-bond donors (Lipinski definition) is 3. The van der Waals surface area contributed by atoms with Crippen LogP contribution in [0.2, 0.25) is 0 Å². The first-order valence-corrected chi connectivity index (χ1v) is 9.96. The van der Waals surface area contributed by atoms with Crippen molar-refractivity contribution in [3.05, 3.63) is 39.7 Å². The Morgan fingerprint density at radius 3 is 2.72 bits per heavy atom. The van der Waals surface area contributed by atoms with E-state index in [9.17, 15) is 4.79 Å². The fourth-order valence-corrected chi connectivity index (χ4v) is 4.44. The number of aromatic nitrogens is 4. The molecule has 29 heavy (non-hydrogen) atoms. The van der Waals surface area contributed by atoms with Crippen LogP contribution in [0.25, 0.3) is 33.3 Å². The number of nitrogens with one attached hydrogen (secondary N) is 1. The SMILES string of the molecule is Cc1ccc2oc(-c3c4c(N)n[nH]c(=O)c4nn3C3CCC(N)CC3)c(C)c2c1. The average molecular weight is 392 g/mol. The maximum atomic E-state index is 12.5. The van der Waals surface area contributed by atoms with Crippen LogP contribution >= 0.6 is 0 Å². The van der Waals surface area contributed by atoms with Crippen LogP contribution in [0, 0.1) is 13.8 Å². The van der Waals surface area contributed by atoms with Gasteiger partial charge in [0.2, 0.25) is 0 Å². The highest BCUT2D eigenvalue weighted by atomic mass is 16.3. The number of benzene rings is 1. The molecule has 5 rings (SSSR count). The number of nitrogens with zero attached hydrogens (tertiary/aromatic N) is 3. The average Bonchev–Trinajstić information content (AvgIpc) is 3.25. The fourth-order valence-electron chi connectivity index (χ4n) is 4.44. The molecular weight excluding hydrogens is 368 g/mol. The number of nitrogen functional groups attached to an aromatic ring is 1. The maximum absolute atomic E-state index is 12.5. The molecule has 0 aliphatic heterocycles. The second-order valence-corrected chi connectivity index (χ2v) is 8.08. The summed E-state index contributed by atoms with van der Waals surface area (Å²) in [5.41, 5.74) is 15.9. The minimum Gasteiger partial charge on any atom is -0.454 e. The Hall–Kier alpha value is -3.13. The summed E-state index contributed by atoms with van der Waals surface area (Å²) in [6.45, 7) is 4.08. The largest absolute Gasteiger partial charge is 0.454 e. The van der Waals surface area contributed by atoms with Gasteiger partial charge in [0.05, 0.1) is 11.4 Å². The van der Waals surface area contributed by atoms with Crippen molar-refractivity contribution in [1.82, 2.24) is 20.0 Å². The Morgan fingerprint density at radius 2 is 1.97 bits per heavy atom. The summed E-state index contributed by atoms with van der Waals surface area (Å²) >= 11 is 0. The molecule has 0 saturated heterocycles. The summed E-state index contributed by atoms with van der Waals surface area (Å²) in [6, 6.07) is 6.44. The Bertz CT molecular complexity index is 1290. The smallest absolute Gasteiger partial charge is 0.292 e. The molecule has 0 amide bonds. The lowest BCUT2D eigenvalue weighted by Crippen LogP contribution is -2.28. The second-order valence-electron chi connectivity index (χ2n) is 8.08. The van der Waals surface area contributed by atoms with Gasteiger partial charge < -0.3 is 15.9 Å².